The van der Waals surface area contributed by atoms with Gasteiger partial charge in [-0.25, -0.2) is 0 Å². The molecule has 1 fully saturated rings. The SMILES string of the molecule is NC(C(=O)OCCCc1ccccc1)C1CCCCC1. The summed E-state index contributed by atoms with van der Waals surface area (Å²) in [6, 6.07) is 9.82. The van der Waals surface area contributed by atoms with Crippen molar-refractivity contribution < 1.29 is 9.53 Å². The van der Waals surface area contributed by atoms with Crippen LogP contribution in [0.3, 0.4) is 0 Å². The van der Waals surface area contributed by atoms with Crippen molar-refractivity contribution in [2.24, 2.45) is 11.7 Å². The van der Waals surface area contributed by atoms with E-state index in [1.54, 1.807) is 0 Å². The van der Waals surface area contributed by atoms with E-state index in [-0.39, 0.29) is 5.97 Å². The van der Waals surface area contributed by atoms with Crippen molar-refractivity contribution in [1.82, 2.24) is 0 Å². The lowest BCUT2D eigenvalue weighted by atomic mass is 9.84. The van der Waals surface area contributed by atoms with Gasteiger partial charge in [-0.15, -0.1) is 0 Å². The summed E-state index contributed by atoms with van der Waals surface area (Å²) in [5.74, 6) is 0.107. The summed E-state index contributed by atoms with van der Waals surface area (Å²) < 4.78 is 5.31. The first-order valence-electron chi connectivity index (χ1n) is 7.73. The molecule has 3 heteroatoms. The molecule has 0 radical (unpaired) electrons. The van der Waals surface area contributed by atoms with Crippen LogP contribution in [0, 0.1) is 5.92 Å². The van der Waals surface area contributed by atoms with E-state index in [0.717, 1.165) is 25.7 Å². The van der Waals surface area contributed by atoms with E-state index in [0.29, 0.717) is 12.5 Å². The molecule has 2 N–H and O–H groups in total. The van der Waals surface area contributed by atoms with Gasteiger partial charge in [-0.05, 0) is 37.2 Å². The van der Waals surface area contributed by atoms with Crippen LogP contribution in [0.5, 0.6) is 0 Å². The number of nitrogens with two attached hydrogens (primary N) is 1. The van der Waals surface area contributed by atoms with Crippen LogP contribution in [-0.4, -0.2) is 18.6 Å². The molecule has 2 rings (SSSR count). The fraction of sp³-hybridized carbons (Fsp3) is 0.588. The highest BCUT2D eigenvalue weighted by molar-refractivity contribution is 5.75. The van der Waals surface area contributed by atoms with Gasteiger partial charge in [-0.2, -0.15) is 0 Å². The molecular weight excluding hydrogens is 250 g/mol. The van der Waals surface area contributed by atoms with E-state index < -0.39 is 6.04 Å². The summed E-state index contributed by atoms with van der Waals surface area (Å²) >= 11 is 0. The Morgan fingerprint density at radius 1 is 1.20 bits per heavy atom. The Morgan fingerprint density at radius 2 is 1.90 bits per heavy atom. The van der Waals surface area contributed by atoms with Crippen molar-refractivity contribution in [2.45, 2.75) is 51.0 Å². The van der Waals surface area contributed by atoms with Crippen LogP contribution < -0.4 is 5.73 Å². The monoisotopic (exact) mass is 275 g/mol. The molecule has 1 saturated carbocycles. The topological polar surface area (TPSA) is 52.3 Å². The average molecular weight is 275 g/mol. The second-order valence-corrected chi connectivity index (χ2v) is 5.68. The third-order valence-electron chi connectivity index (χ3n) is 4.13. The lowest BCUT2D eigenvalue weighted by Crippen LogP contribution is -2.40. The van der Waals surface area contributed by atoms with Crippen molar-refractivity contribution in [3.8, 4) is 0 Å². The predicted molar refractivity (Wildman–Crippen MR) is 80.3 cm³/mol. The number of esters is 1. The molecule has 1 unspecified atom stereocenters. The summed E-state index contributed by atoms with van der Waals surface area (Å²) in [4.78, 5) is 11.9. The number of ether oxygens (including phenoxy) is 1. The molecular formula is C17H25NO2. The summed E-state index contributed by atoms with van der Waals surface area (Å²) in [5, 5.41) is 0. The predicted octanol–water partition coefficient (Wildman–Crippen LogP) is 3.07. The minimum Gasteiger partial charge on any atom is -0.465 e. The summed E-state index contributed by atoms with van der Waals surface area (Å²) in [6.07, 6.45) is 7.59. The molecule has 0 spiro atoms. The maximum absolute atomic E-state index is 11.9. The largest absolute Gasteiger partial charge is 0.465 e. The molecule has 0 saturated heterocycles. The Balaban J connectivity index is 1.64. The molecule has 0 aliphatic heterocycles. The van der Waals surface area contributed by atoms with Crippen molar-refractivity contribution in [3.63, 3.8) is 0 Å². The third-order valence-corrected chi connectivity index (χ3v) is 4.13. The number of carbonyl (C=O) groups excluding carboxylic acids is 1. The van der Waals surface area contributed by atoms with Crippen LogP contribution in [0.4, 0.5) is 0 Å². The molecule has 0 aromatic heterocycles. The minimum atomic E-state index is -0.424. The van der Waals surface area contributed by atoms with Gasteiger partial charge in [0.1, 0.15) is 6.04 Å². The van der Waals surface area contributed by atoms with Crippen molar-refractivity contribution in [3.05, 3.63) is 35.9 Å². The molecule has 1 atom stereocenters. The van der Waals surface area contributed by atoms with Gasteiger partial charge in [-0.3, -0.25) is 4.79 Å². The van der Waals surface area contributed by atoms with Gasteiger partial charge in [0.2, 0.25) is 0 Å². The maximum Gasteiger partial charge on any atom is 0.323 e. The Morgan fingerprint density at radius 3 is 2.60 bits per heavy atom. The molecule has 1 aromatic carbocycles. The normalized spacial score (nSPS) is 17.6. The van der Waals surface area contributed by atoms with Crippen LogP contribution in [0.1, 0.15) is 44.1 Å². The van der Waals surface area contributed by atoms with Crippen LogP contribution in [0.15, 0.2) is 30.3 Å². The zero-order chi connectivity index (χ0) is 14.2. The summed E-state index contributed by atoms with van der Waals surface area (Å²) in [7, 11) is 0. The zero-order valence-electron chi connectivity index (χ0n) is 12.1. The van der Waals surface area contributed by atoms with Gasteiger partial charge < -0.3 is 10.5 Å². The molecule has 0 bridgehead atoms. The van der Waals surface area contributed by atoms with Gasteiger partial charge in [0.15, 0.2) is 0 Å². The zero-order valence-corrected chi connectivity index (χ0v) is 12.1. The molecule has 110 valence electrons. The van der Waals surface area contributed by atoms with E-state index in [9.17, 15) is 4.79 Å². The van der Waals surface area contributed by atoms with Gasteiger partial charge >= 0.3 is 5.97 Å². The number of benzene rings is 1. The number of rotatable bonds is 6. The second kappa shape index (κ2) is 8.05. The highest BCUT2D eigenvalue weighted by atomic mass is 16.5. The Hall–Kier alpha value is -1.35. The quantitative estimate of drug-likeness (QED) is 0.641. The van der Waals surface area contributed by atoms with E-state index >= 15 is 0 Å². The molecule has 1 aliphatic rings. The van der Waals surface area contributed by atoms with Crippen LogP contribution in [0.2, 0.25) is 0 Å². The lowest BCUT2D eigenvalue weighted by Gasteiger charge is -2.25. The third kappa shape index (κ3) is 4.64. The number of aryl methyl sites for hydroxylation is 1. The molecule has 0 heterocycles. The Bertz CT molecular complexity index is 399. The standard InChI is InChI=1S/C17H25NO2/c18-16(15-11-5-2-6-12-15)17(19)20-13-7-10-14-8-3-1-4-9-14/h1,3-4,8-9,15-16H,2,5-7,10-13,18H2. The van der Waals surface area contributed by atoms with Gasteiger partial charge in [0.25, 0.3) is 0 Å². The fourth-order valence-electron chi connectivity index (χ4n) is 2.88. The van der Waals surface area contributed by atoms with E-state index in [2.05, 4.69) is 12.1 Å². The first-order chi connectivity index (χ1) is 9.77. The van der Waals surface area contributed by atoms with Crippen molar-refractivity contribution in [2.75, 3.05) is 6.61 Å². The number of hydrogen-bond donors (Lipinski definition) is 1. The lowest BCUT2D eigenvalue weighted by molar-refractivity contribution is -0.147. The number of carbonyl (C=O) groups is 1. The molecule has 20 heavy (non-hydrogen) atoms. The summed E-state index contributed by atoms with van der Waals surface area (Å²) in [6.45, 7) is 0.466. The maximum atomic E-state index is 11.9. The summed E-state index contributed by atoms with van der Waals surface area (Å²) in [5.41, 5.74) is 7.29. The Labute approximate surface area is 121 Å². The highest BCUT2D eigenvalue weighted by Crippen LogP contribution is 2.26. The molecule has 3 nitrogen and oxygen atoms in total. The smallest absolute Gasteiger partial charge is 0.323 e. The van der Waals surface area contributed by atoms with E-state index in [4.69, 9.17) is 10.5 Å². The van der Waals surface area contributed by atoms with Crippen molar-refractivity contribution >= 4 is 5.97 Å². The van der Waals surface area contributed by atoms with Crippen molar-refractivity contribution in [1.29, 1.82) is 0 Å². The minimum absolute atomic E-state index is 0.218. The van der Waals surface area contributed by atoms with Crippen LogP contribution in [-0.2, 0) is 16.0 Å². The first-order valence-corrected chi connectivity index (χ1v) is 7.73. The number of hydrogen-bond acceptors (Lipinski definition) is 3. The molecule has 0 amide bonds. The van der Waals surface area contributed by atoms with Gasteiger partial charge in [0, 0.05) is 0 Å². The Kier molecular flexibility index (Phi) is 6.06. The second-order valence-electron chi connectivity index (χ2n) is 5.68. The van der Waals surface area contributed by atoms with Gasteiger partial charge in [0.05, 0.1) is 6.61 Å². The first kappa shape index (κ1) is 15.0. The van der Waals surface area contributed by atoms with Crippen LogP contribution >= 0.6 is 0 Å². The molecule has 1 aromatic rings. The van der Waals surface area contributed by atoms with Crippen LogP contribution in [0.25, 0.3) is 0 Å². The van der Waals surface area contributed by atoms with Gasteiger partial charge in [-0.1, -0.05) is 49.6 Å². The average Bonchev–Trinajstić information content (AvgIpc) is 2.52. The fourth-order valence-corrected chi connectivity index (χ4v) is 2.88. The van der Waals surface area contributed by atoms with E-state index in [1.165, 1.54) is 24.8 Å². The highest BCUT2D eigenvalue weighted by Gasteiger charge is 2.27. The van der Waals surface area contributed by atoms with E-state index in [1.807, 2.05) is 18.2 Å². The molecule has 1 aliphatic carbocycles.